The number of nitro groups is 1. The van der Waals surface area contributed by atoms with Crippen molar-refractivity contribution < 1.29 is 9.72 Å². The number of anilines is 1. The van der Waals surface area contributed by atoms with Crippen molar-refractivity contribution in [3.05, 3.63) is 71.1 Å². The summed E-state index contributed by atoms with van der Waals surface area (Å²) < 4.78 is 0. The summed E-state index contributed by atoms with van der Waals surface area (Å²) in [4.78, 5) is 33.2. The lowest BCUT2D eigenvalue weighted by Crippen LogP contribution is -2.31. The topological polar surface area (TPSA) is 88.7 Å². The van der Waals surface area contributed by atoms with Gasteiger partial charge in [0.2, 0.25) is 5.91 Å². The van der Waals surface area contributed by atoms with Crippen LogP contribution in [0.25, 0.3) is 0 Å². The molecule has 0 bridgehead atoms. The van der Waals surface area contributed by atoms with Crippen LogP contribution in [0.1, 0.15) is 12.0 Å². The van der Waals surface area contributed by atoms with E-state index in [9.17, 15) is 14.9 Å². The molecule has 0 fully saturated rings. The summed E-state index contributed by atoms with van der Waals surface area (Å²) in [5.41, 5.74) is 2.17. The number of aliphatic imine (C=N–C) groups is 1. The van der Waals surface area contributed by atoms with Crippen LogP contribution < -0.4 is 4.90 Å². The van der Waals surface area contributed by atoms with Crippen LogP contribution in [0.15, 0.2) is 60.4 Å². The van der Waals surface area contributed by atoms with E-state index < -0.39 is 4.92 Å². The van der Waals surface area contributed by atoms with Gasteiger partial charge in [0.05, 0.1) is 28.4 Å². The lowest BCUT2D eigenvalue weighted by molar-refractivity contribution is -0.384. The van der Waals surface area contributed by atoms with Crippen molar-refractivity contribution in [1.82, 2.24) is 4.98 Å². The van der Waals surface area contributed by atoms with Gasteiger partial charge < -0.3 is 4.90 Å². The molecule has 0 N–H and O–H groups in total. The molecule has 7 nitrogen and oxygen atoms in total. The second-order valence-corrected chi connectivity index (χ2v) is 5.19. The van der Waals surface area contributed by atoms with Gasteiger partial charge >= 0.3 is 0 Å². The molecule has 0 saturated heterocycles. The van der Waals surface area contributed by atoms with Gasteiger partial charge in [0.1, 0.15) is 0 Å². The highest BCUT2D eigenvalue weighted by molar-refractivity contribution is 6.17. The van der Waals surface area contributed by atoms with Gasteiger partial charge in [0, 0.05) is 31.1 Å². The Morgan fingerprint density at radius 3 is 2.71 bits per heavy atom. The molecule has 7 heteroatoms. The zero-order chi connectivity index (χ0) is 17.1. The molecular weight excluding hydrogens is 308 g/mol. The van der Waals surface area contributed by atoms with Crippen molar-refractivity contribution in [1.29, 1.82) is 0 Å². The highest BCUT2D eigenvalue weighted by atomic mass is 16.6. The number of carbonyl (C=O) groups excluding carboxylic acids is 1. The molecule has 0 radical (unpaired) electrons. The summed E-state index contributed by atoms with van der Waals surface area (Å²) >= 11 is 0. The van der Waals surface area contributed by atoms with E-state index in [1.807, 2.05) is 0 Å². The molecule has 1 aliphatic rings. The minimum absolute atomic E-state index is 0.0699. The largest absolute Gasteiger partial charge is 0.306 e. The number of hydrogen-bond acceptors (Lipinski definition) is 5. The maximum Gasteiger partial charge on any atom is 0.271 e. The van der Waals surface area contributed by atoms with Crippen molar-refractivity contribution in [2.45, 2.75) is 6.42 Å². The Kier molecular flexibility index (Phi) is 4.15. The molecule has 0 spiro atoms. The quantitative estimate of drug-likeness (QED) is 0.491. The number of amides is 1. The molecule has 1 aliphatic heterocycles. The standard InChI is InChI=1S/C17H14N4O3/c1-2-9-20-16-4-3-13(21(23)24)10-15(16)19-14(11-17(20)22)12-5-7-18-8-6-12/h2-8,10H,1,9,11H2. The van der Waals surface area contributed by atoms with Gasteiger partial charge in [-0.15, -0.1) is 6.58 Å². The number of hydrogen-bond donors (Lipinski definition) is 0. The van der Waals surface area contributed by atoms with Crippen LogP contribution in [0.3, 0.4) is 0 Å². The third-order valence-corrected chi connectivity index (χ3v) is 3.66. The SMILES string of the molecule is C=CCN1C(=O)CC(c2ccncc2)=Nc2cc([N+](=O)[O-])ccc21. The smallest absolute Gasteiger partial charge is 0.271 e. The summed E-state index contributed by atoms with van der Waals surface area (Å²) in [6, 6.07) is 7.81. The number of non-ortho nitro benzene ring substituents is 1. The fourth-order valence-electron chi connectivity index (χ4n) is 2.54. The van der Waals surface area contributed by atoms with Crippen molar-refractivity contribution in [3.8, 4) is 0 Å². The molecule has 2 aromatic rings. The average Bonchev–Trinajstić information content (AvgIpc) is 2.72. The molecule has 2 heterocycles. The van der Waals surface area contributed by atoms with Gasteiger partial charge in [-0.25, -0.2) is 4.99 Å². The second-order valence-electron chi connectivity index (χ2n) is 5.19. The Bertz CT molecular complexity index is 846. The molecule has 0 unspecified atom stereocenters. The maximum atomic E-state index is 12.6. The molecule has 0 aliphatic carbocycles. The maximum absolute atomic E-state index is 12.6. The van der Waals surface area contributed by atoms with Crippen molar-refractivity contribution in [2.75, 3.05) is 11.4 Å². The van der Waals surface area contributed by atoms with Crippen LogP contribution in [0.2, 0.25) is 0 Å². The summed E-state index contributed by atoms with van der Waals surface area (Å²) in [6.07, 6.45) is 4.94. The lowest BCUT2D eigenvalue weighted by atomic mass is 10.1. The first-order chi connectivity index (χ1) is 11.6. The molecule has 0 atom stereocenters. The molecule has 1 aromatic carbocycles. The van der Waals surface area contributed by atoms with Crippen LogP contribution in [0.5, 0.6) is 0 Å². The zero-order valence-corrected chi connectivity index (χ0v) is 12.8. The van der Waals surface area contributed by atoms with Crippen LogP contribution >= 0.6 is 0 Å². The van der Waals surface area contributed by atoms with E-state index in [4.69, 9.17) is 0 Å². The number of benzene rings is 1. The third kappa shape index (κ3) is 2.91. The van der Waals surface area contributed by atoms with Crippen LogP contribution in [-0.4, -0.2) is 28.1 Å². The molecule has 1 amide bonds. The molecule has 120 valence electrons. The fourth-order valence-corrected chi connectivity index (χ4v) is 2.54. The van der Waals surface area contributed by atoms with Gasteiger partial charge in [-0.05, 0) is 23.8 Å². The first kappa shape index (κ1) is 15.5. The Balaban J connectivity index is 2.17. The number of rotatable bonds is 4. The number of carbonyl (C=O) groups is 1. The van der Waals surface area contributed by atoms with E-state index >= 15 is 0 Å². The first-order valence-electron chi connectivity index (χ1n) is 7.28. The van der Waals surface area contributed by atoms with Crippen LogP contribution in [-0.2, 0) is 4.79 Å². The van der Waals surface area contributed by atoms with Gasteiger partial charge in [-0.3, -0.25) is 19.9 Å². The van der Waals surface area contributed by atoms with Crippen molar-refractivity contribution in [2.24, 2.45) is 4.99 Å². The summed E-state index contributed by atoms with van der Waals surface area (Å²) in [5, 5.41) is 11.0. The molecule has 1 aromatic heterocycles. The predicted molar refractivity (Wildman–Crippen MR) is 90.7 cm³/mol. The predicted octanol–water partition coefficient (Wildman–Crippen LogP) is 3.03. The van der Waals surface area contributed by atoms with Gasteiger partial charge in [-0.1, -0.05) is 6.08 Å². The molecule has 24 heavy (non-hydrogen) atoms. The summed E-state index contributed by atoms with van der Waals surface area (Å²) in [5.74, 6) is -0.141. The van der Waals surface area contributed by atoms with Crippen LogP contribution in [0.4, 0.5) is 17.1 Å². The summed E-state index contributed by atoms with van der Waals surface area (Å²) in [6.45, 7) is 3.98. The molecule has 3 rings (SSSR count). The fraction of sp³-hybridized carbons (Fsp3) is 0.118. The van der Waals surface area contributed by atoms with E-state index in [1.165, 1.54) is 17.0 Å². The van der Waals surface area contributed by atoms with E-state index in [0.29, 0.717) is 23.6 Å². The number of aromatic nitrogens is 1. The van der Waals surface area contributed by atoms with Crippen LogP contribution in [0, 0.1) is 10.1 Å². The Hall–Kier alpha value is -3.35. The molecule has 0 saturated carbocycles. The normalized spacial score (nSPS) is 13.8. The number of pyridine rings is 1. The van der Waals surface area contributed by atoms with Crippen molar-refractivity contribution in [3.63, 3.8) is 0 Å². The highest BCUT2D eigenvalue weighted by Gasteiger charge is 2.25. The number of fused-ring (bicyclic) bond motifs is 1. The van der Waals surface area contributed by atoms with Gasteiger partial charge in [-0.2, -0.15) is 0 Å². The number of nitro benzene ring substituents is 1. The third-order valence-electron chi connectivity index (χ3n) is 3.66. The zero-order valence-electron chi connectivity index (χ0n) is 12.8. The van der Waals surface area contributed by atoms with Crippen molar-refractivity contribution >= 4 is 28.7 Å². The Labute approximate surface area is 138 Å². The van der Waals surface area contributed by atoms with E-state index in [0.717, 1.165) is 5.56 Å². The average molecular weight is 322 g/mol. The summed E-state index contributed by atoms with van der Waals surface area (Å²) in [7, 11) is 0. The first-order valence-corrected chi connectivity index (χ1v) is 7.28. The highest BCUT2D eigenvalue weighted by Crippen LogP contribution is 2.36. The Morgan fingerprint density at radius 1 is 1.29 bits per heavy atom. The minimum atomic E-state index is -0.480. The molecular formula is C17H14N4O3. The van der Waals surface area contributed by atoms with Gasteiger partial charge in [0.25, 0.3) is 5.69 Å². The van der Waals surface area contributed by atoms with Gasteiger partial charge in [0.15, 0.2) is 0 Å². The number of nitrogens with zero attached hydrogens (tertiary/aromatic N) is 4. The van der Waals surface area contributed by atoms with E-state index in [-0.39, 0.29) is 18.0 Å². The Morgan fingerprint density at radius 2 is 2.04 bits per heavy atom. The second kappa shape index (κ2) is 6.41. The minimum Gasteiger partial charge on any atom is -0.306 e. The lowest BCUT2D eigenvalue weighted by Gasteiger charge is -2.20. The van der Waals surface area contributed by atoms with E-state index in [2.05, 4.69) is 16.6 Å². The van der Waals surface area contributed by atoms with E-state index in [1.54, 1.807) is 36.7 Å². The monoisotopic (exact) mass is 322 g/mol.